The molecule has 0 aromatic heterocycles. The Balaban J connectivity index is 0.000000303. The molecule has 0 fully saturated rings. The average Bonchev–Trinajstić information content (AvgIpc) is 2.46. The molecule has 0 atom stereocenters. The molecule has 19 heavy (non-hydrogen) atoms. The van der Waals surface area contributed by atoms with Gasteiger partial charge in [0.1, 0.15) is 0 Å². The number of rotatable bonds is 1. The van der Waals surface area contributed by atoms with Crippen LogP contribution in [0.4, 0.5) is 5.69 Å². The topological polar surface area (TPSA) is 12.0 Å². The first-order chi connectivity index (χ1) is 9.11. The maximum absolute atomic E-state index is 3.05. The SMILES string of the molecule is CC.CNc1ccc(C)cc1.Cc1ccc(C)cc1. The fourth-order valence-electron chi connectivity index (χ4n) is 1.36. The van der Waals surface area contributed by atoms with Gasteiger partial charge in [-0.1, -0.05) is 66.9 Å². The van der Waals surface area contributed by atoms with Crippen LogP contribution in [0, 0.1) is 20.8 Å². The summed E-state index contributed by atoms with van der Waals surface area (Å²) in [4.78, 5) is 0. The van der Waals surface area contributed by atoms with Crippen molar-refractivity contribution in [3.05, 3.63) is 65.2 Å². The molecule has 0 spiro atoms. The second-order valence-corrected chi connectivity index (χ2v) is 4.27. The maximum atomic E-state index is 3.05. The molecule has 0 radical (unpaired) electrons. The van der Waals surface area contributed by atoms with Crippen LogP contribution in [0.25, 0.3) is 0 Å². The third-order valence-corrected chi connectivity index (χ3v) is 2.56. The van der Waals surface area contributed by atoms with Crippen LogP contribution in [-0.4, -0.2) is 7.05 Å². The Morgan fingerprint density at radius 3 is 1.11 bits per heavy atom. The van der Waals surface area contributed by atoms with E-state index in [1.54, 1.807) is 0 Å². The summed E-state index contributed by atoms with van der Waals surface area (Å²) in [5.74, 6) is 0. The van der Waals surface area contributed by atoms with Gasteiger partial charge in [-0.15, -0.1) is 0 Å². The maximum Gasteiger partial charge on any atom is 0.0337 e. The first kappa shape index (κ1) is 17.2. The smallest absolute Gasteiger partial charge is 0.0337 e. The molecule has 104 valence electrons. The number of nitrogens with one attached hydrogen (secondary N) is 1. The number of hydrogen-bond donors (Lipinski definition) is 1. The van der Waals surface area contributed by atoms with Crippen molar-refractivity contribution >= 4 is 5.69 Å². The molecular formula is C18H27N. The lowest BCUT2D eigenvalue weighted by Gasteiger charge is -1.97. The Labute approximate surface area is 118 Å². The summed E-state index contributed by atoms with van der Waals surface area (Å²) < 4.78 is 0. The molecule has 0 saturated heterocycles. The van der Waals surface area contributed by atoms with Gasteiger partial charge < -0.3 is 5.32 Å². The van der Waals surface area contributed by atoms with E-state index in [-0.39, 0.29) is 0 Å². The van der Waals surface area contributed by atoms with Gasteiger partial charge in [-0.3, -0.25) is 0 Å². The Kier molecular flexibility index (Phi) is 9.25. The highest BCUT2D eigenvalue weighted by Crippen LogP contribution is 2.06. The summed E-state index contributed by atoms with van der Waals surface area (Å²) in [5, 5.41) is 3.05. The van der Waals surface area contributed by atoms with E-state index in [0.717, 1.165) is 0 Å². The Morgan fingerprint density at radius 2 is 0.842 bits per heavy atom. The third kappa shape index (κ3) is 8.04. The van der Waals surface area contributed by atoms with E-state index in [1.165, 1.54) is 22.4 Å². The highest BCUT2D eigenvalue weighted by atomic mass is 14.8. The van der Waals surface area contributed by atoms with Crippen molar-refractivity contribution < 1.29 is 0 Å². The highest BCUT2D eigenvalue weighted by molar-refractivity contribution is 5.43. The van der Waals surface area contributed by atoms with Crippen LogP contribution in [0.2, 0.25) is 0 Å². The van der Waals surface area contributed by atoms with Crippen LogP contribution < -0.4 is 5.32 Å². The molecule has 0 aliphatic rings. The average molecular weight is 257 g/mol. The number of anilines is 1. The second-order valence-electron chi connectivity index (χ2n) is 4.27. The van der Waals surface area contributed by atoms with Crippen molar-refractivity contribution in [3.8, 4) is 0 Å². The zero-order chi connectivity index (χ0) is 14.7. The van der Waals surface area contributed by atoms with Gasteiger partial charge in [0.2, 0.25) is 0 Å². The molecule has 0 bridgehead atoms. The molecule has 0 unspecified atom stereocenters. The normalized spacial score (nSPS) is 8.53. The molecule has 0 saturated carbocycles. The molecule has 0 aliphatic carbocycles. The van der Waals surface area contributed by atoms with E-state index in [0.29, 0.717) is 0 Å². The summed E-state index contributed by atoms with van der Waals surface area (Å²) in [6.07, 6.45) is 0. The quantitative estimate of drug-likeness (QED) is 0.724. The first-order valence-electron chi connectivity index (χ1n) is 6.89. The van der Waals surface area contributed by atoms with E-state index in [9.17, 15) is 0 Å². The number of aryl methyl sites for hydroxylation is 3. The van der Waals surface area contributed by atoms with Crippen molar-refractivity contribution in [1.29, 1.82) is 0 Å². The lowest BCUT2D eigenvalue weighted by Crippen LogP contribution is -1.85. The van der Waals surface area contributed by atoms with Crippen molar-refractivity contribution in [1.82, 2.24) is 0 Å². The van der Waals surface area contributed by atoms with E-state index < -0.39 is 0 Å². The van der Waals surface area contributed by atoms with Gasteiger partial charge >= 0.3 is 0 Å². The monoisotopic (exact) mass is 257 g/mol. The third-order valence-electron chi connectivity index (χ3n) is 2.56. The van der Waals surface area contributed by atoms with E-state index in [4.69, 9.17) is 0 Å². The predicted octanol–water partition coefficient (Wildman–Crippen LogP) is 5.37. The first-order valence-corrected chi connectivity index (χ1v) is 6.89. The molecule has 2 rings (SSSR count). The van der Waals surface area contributed by atoms with Crippen molar-refractivity contribution in [2.75, 3.05) is 12.4 Å². The lowest BCUT2D eigenvalue weighted by molar-refractivity contribution is 1.40. The minimum Gasteiger partial charge on any atom is -0.388 e. The van der Waals surface area contributed by atoms with Gasteiger partial charge in [0.05, 0.1) is 0 Å². The summed E-state index contributed by atoms with van der Waals surface area (Å²) >= 11 is 0. The van der Waals surface area contributed by atoms with Crippen molar-refractivity contribution in [2.45, 2.75) is 34.6 Å². The molecule has 1 heteroatoms. The molecule has 0 aliphatic heterocycles. The summed E-state index contributed by atoms with van der Waals surface area (Å²) in [6.45, 7) is 10.3. The molecule has 1 nitrogen and oxygen atoms in total. The Bertz CT molecular complexity index is 405. The minimum absolute atomic E-state index is 1.17. The van der Waals surface area contributed by atoms with E-state index in [2.05, 4.69) is 74.6 Å². The Hall–Kier alpha value is -1.76. The minimum atomic E-state index is 1.17. The molecule has 2 aromatic rings. The van der Waals surface area contributed by atoms with Gasteiger partial charge in [0, 0.05) is 12.7 Å². The number of hydrogen-bond acceptors (Lipinski definition) is 1. The lowest BCUT2D eigenvalue weighted by atomic mass is 10.2. The van der Waals surface area contributed by atoms with Crippen LogP contribution in [-0.2, 0) is 0 Å². The summed E-state index contributed by atoms with van der Waals surface area (Å²) in [7, 11) is 1.92. The Morgan fingerprint density at radius 1 is 0.579 bits per heavy atom. The largest absolute Gasteiger partial charge is 0.388 e. The second kappa shape index (κ2) is 10.2. The fraction of sp³-hybridized carbons (Fsp3) is 0.333. The molecule has 0 heterocycles. The van der Waals surface area contributed by atoms with Crippen LogP contribution in [0.5, 0.6) is 0 Å². The molecule has 2 aromatic carbocycles. The van der Waals surface area contributed by atoms with Gasteiger partial charge in [0.25, 0.3) is 0 Å². The van der Waals surface area contributed by atoms with Crippen LogP contribution in [0.3, 0.4) is 0 Å². The van der Waals surface area contributed by atoms with Crippen molar-refractivity contribution in [3.63, 3.8) is 0 Å². The molecule has 0 amide bonds. The number of benzene rings is 2. The predicted molar refractivity (Wildman–Crippen MR) is 88.0 cm³/mol. The summed E-state index contributed by atoms with van der Waals surface area (Å²) in [5.41, 5.74) is 5.13. The zero-order valence-corrected chi connectivity index (χ0v) is 13.1. The molecule has 1 N–H and O–H groups in total. The molecular weight excluding hydrogens is 230 g/mol. The van der Waals surface area contributed by atoms with Crippen LogP contribution in [0.15, 0.2) is 48.5 Å². The van der Waals surface area contributed by atoms with Gasteiger partial charge in [-0.05, 0) is 32.9 Å². The zero-order valence-electron chi connectivity index (χ0n) is 13.1. The standard InChI is InChI=1S/C8H11N.C8H10.C2H6/c1-7-3-5-8(9-2)6-4-7;1-7-3-5-8(2)6-4-7;1-2/h3-6,9H,1-2H3;3-6H,1-2H3;1-2H3. The van der Waals surface area contributed by atoms with Gasteiger partial charge in [0.15, 0.2) is 0 Å². The highest BCUT2D eigenvalue weighted by Gasteiger charge is 1.83. The summed E-state index contributed by atoms with van der Waals surface area (Å²) in [6, 6.07) is 16.8. The van der Waals surface area contributed by atoms with Crippen LogP contribution in [0.1, 0.15) is 30.5 Å². The van der Waals surface area contributed by atoms with Crippen LogP contribution >= 0.6 is 0 Å². The van der Waals surface area contributed by atoms with Gasteiger partial charge in [-0.2, -0.15) is 0 Å². The fourth-order valence-corrected chi connectivity index (χ4v) is 1.36. The van der Waals surface area contributed by atoms with E-state index in [1.807, 2.05) is 20.9 Å². The van der Waals surface area contributed by atoms with E-state index >= 15 is 0 Å². The van der Waals surface area contributed by atoms with Gasteiger partial charge in [-0.25, -0.2) is 0 Å². The van der Waals surface area contributed by atoms with Crippen molar-refractivity contribution in [2.24, 2.45) is 0 Å².